The average Bonchev–Trinajstić information content (AvgIpc) is 3.13. The summed E-state index contributed by atoms with van der Waals surface area (Å²) < 4.78 is 10.8. The Bertz CT molecular complexity index is 700. The molecule has 0 aromatic heterocycles. The lowest BCUT2D eigenvalue weighted by Crippen LogP contribution is -2.42. The number of carbonyl (C=O) groups is 3. The SMILES string of the molecule is CCCNC(=O)[C@@H]1CC(=O)N(c2ccc(OCC(=O)N3CCOCC3)cc2)C1. The van der Waals surface area contributed by atoms with Gasteiger partial charge in [-0.05, 0) is 30.7 Å². The van der Waals surface area contributed by atoms with E-state index in [0.717, 1.165) is 12.1 Å². The van der Waals surface area contributed by atoms with Crippen LogP contribution in [-0.4, -0.2) is 68.6 Å². The Morgan fingerprint density at radius 2 is 1.93 bits per heavy atom. The van der Waals surface area contributed by atoms with Gasteiger partial charge in [-0.25, -0.2) is 0 Å². The molecule has 1 atom stereocenters. The summed E-state index contributed by atoms with van der Waals surface area (Å²) in [6, 6.07) is 7.02. The maximum Gasteiger partial charge on any atom is 0.260 e. The lowest BCUT2D eigenvalue weighted by molar-refractivity contribution is -0.137. The Balaban J connectivity index is 1.51. The summed E-state index contributed by atoms with van der Waals surface area (Å²) in [6.45, 7) is 5.26. The van der Waals surface area contributed by atoms with E-state index < -0.39 is 0 Å². The number of carbonyl (C=O) groups excluding carboxylic acids is 3. The van der Waals surface area contributed by atoms with Crippen LogP contribution < -0.4 is 15.0 Å². The molecule has 0 saturated carbocycles. The van der Waals surface area contributed by atoms with Crippen LogP contribution in [-0.2, 0) is 19.1 Å². The summed E-state index contributed by atoms with van der Waals surface area (Å²) in [5, 5.41) is 2.85. The number of morpholine rings is 1. The van der Waals surface area contributed by atoms with E-state index in [9.17, 15) is 14.4 Å². The molecule has 8 heteroatoms. The van der Waals surface area contributed by atoms with E-state index in [1.807, 2.05) is 6.92 Å². The predicted molar refractivity (Wildman–Crippen MR) is 103 cm³/mol. The lowest BCUT2D eigenvalue weighted by Gasteiger charge is -2.26. The van der Waals surface area contributed by atoms with E-state index in [2.05, 4.69) is 5.32 Å². The second-order valence-corrected chi connectivity index (χ2v) is 6.97. The molecule has 2 aliphatic heterocycles. The normalized spacial score (nSPS) is 19.6. The Morgan fingerprint density at radius 3 is 2.61 bits per heavy atom. The molecule has 28 heavy (non-hydrogen) atoms. The van der Waals surface area contributed by atoms with Gasteiger partial charge in [-0.3, -0.25) is 14.4 Å². The molecule has 8 nitrogen and oxygen atoms in total. The molecule has 0 unspecified atom stereocenters. The van der Waals surface area contributed by atoms with Crippen LogP contribution >= 0.6 is 0 Å². The molecule has 1 aromatic carbocycles. The van der Waals surface area contributed by atoms with Crippen molar-refractivity contribution in [2.45, 2.75) is 19.8 Å². The predicted octanol–water partition coefficient (Wildman–Crippen LogP) is 0.803. The van der Waals surface area contributed by atoms with E-state index in [-0.39, 0.29) is 36.7 Å². The number of anilines is 1. The number of amides is 3. The minimum absolute atomic E-state index is 0.0261. The Hall–Kier alpha value is -2.61. The van der Waals surface area contributed by atoms with Crippen molar-refractivity contribution in [3.05, 3.63) is 24.3 Å². The van der Waals surface area contributed by atoms with Crippen molar-refractivity contribution in [1.29, 1.82) is 0 Å². The maximum absolute atomic E-state index is 12.3. The van der Waals surface area contributed by atoms with Crippen molar-refractivity contribution >= 4 is 23.4 Å². The van der Waals surface area contributed by atoms with Crippen LogP contribution in [0.15, 0.2) is 24.3 Å². The largest absolute Gasteiger partial charge is 0.484 e. The Morgan fingerprint density at radius 1 is 1.21 bits per heavy atom. The highest BCUT2D eigenvalue weighted by Crippen LogP contribution is 2.27. The molecule has 2 fully saturated rings. The van der Waals surface area contributed by atoms with Gasteiger partial charge in [-0.15, -0.1) is 0 Å². The van der Waals surface area contributed by atoms with Gasteiger partial charge >= 0.3 is 0 Å². The van der Waals surface area contributed by atoms with E-state index in [0.29, 0.717) is 45.1 Å². The minimum atomic E-state index is -0.318. The van der Waals surface area contributed by atoms with Crippen molar-refractivity contribution in [2.24, 2.45) is 5.92 Å². The monoisotopic (exact) mass is 389 g/mol. The molecular formula is C20H27N3O5. The van der Waals surface area contributed by atoms with Crippen LogP contribution in [0.4, 0.5) is 5.69 Å². The van der Waals surface area contributed by atoms with Gasteiger partial charge in [0.1, 0.15) is 5.75 Å². The van der Waals surface area contributed by atoms with Crippen molar-refractivity contribution in [2.75, 3.05) is 50.9 Å². The summed E-state index contributed by atoms with van der Waals surface area (Å²) in [7, 11) is 0. The lowest BCUT2D eigenvalue weighted by atomic mass is 10.1. The number of nitrogens with one attached hydrogen (secondary N) is 1. The molecule has 3 amide bonds. The van der Waals surface area contributed by atoms with Crippen LogP contribution in [0.1, 0.15) is 19.8 Å². The quantitative estimate of drug-likeness (QED) is 0.745. The minimum Gasteiger partial charge on any atom is -0.484 e. The highest BCUT2D eigenvalue weighted by atomic mass is 16.5. The van der Waals surface area contributed by atoms with Gasteiger partial charge in [0.15, 0.2) is 6.61 Å². The fraction of sp³-hybridized carbons (Fsp3) is 0.550. The number of hydrogen-bond acceptors (Lipinski definition) is 5. The molecule has 0 spiro atoms. The van der Waals surface area contributed by atoms with Gasteiger partial charge in [0.25, 0.3) is 5.91 Å². The van der Waals surface area contributed by atoms with Gasteiger partial charge in [0.2, 0.25) is 11.8 Å². The molecule has 3 rings (SSSR count). The number of benzene rings is 1. The van der Waals surface area contributed by atoms with Crippen molar-refractivity contribution in [3.63, 3.8) is 0 Å². The number of nitrogens with zero attached hydrogens (tertiary/aromatic N) is 2. The molecule has 152 valence electrons. The molecule has 1 N–H and O–H groups in total. The van der Waals surface area contributed by atoms with Gasteiger partial charge < -0.3 is 24.6 Å². The summed E-state index contributed by atoms with van der Waals surface area (Å²) >= 11 is 0. The smallest absolute Gasteiger partial charge is 0.260 e. The van der Waals surface area contributed by atoms with Gasteiger partial charge in [0, 0.05) is 38.3 Å². The molecule has 2 saturated heterocycles. The van der Waals surface area contributed by atoms with Crippen LogP contribution in [0, 0.1) is 5.92 Å². The third kappa shape index (κ3) is 5.01. The first-order valence-corrected chi connectivity index (χ1v) is 9.75. The number of hydrogen-bond donors (Lipinski definition) is 1. The zero-order valence-corrected chi connectivity index (χ0v) is 16.2. The molecule has 0 aliphatic carbocycles. The highest BCUT2D eigenvalue weighted by molar-refractivity contribution is 6.00. The molecule has 0 bridgehead atoms. The van der Waals surface area contributed by atoms with Crippen molar-refractivity contribution < 1.29 is 23.9 Å². The number of rotatable bonds is 7. The zero-order valence-electron chi connectivity index (χ0n) is 16.2. The molecule has 0 radical (unpaired) electrons. The Kier molecular flexibility index (Phi) is 6.86. The third-order valence-corrected chi connectivity index (χ3v) is 4.92. The molecule has 2 aliphatic rings. The highest BCUT2D eigenvalue weighted by Gasteiger charge is 2.34. The van der Waals surface area contributed by atoms with E-state index >= 15 is 0 Å². The number of ether oxygens (including phenoxy) is 2. The first kappa shape index (κ1) is 20.1. The maximum atomic E-state index is 12.3. The summed E-state index contributed by atoms with van der Waals surface area (Å²) in [5.41, 5.74) is 0.725. The van der Waals surface area contributed by atoms with Crippen LogP contribution in [0.2, 0.25) is 0 Å². The average molecular weight is 389 g/mol. The molecule has 2 heterocycles. The summed E-state index contributed by atoms with van der Waals surface area (Å²) in [6.07, 6.45) is 1.09. The van der Waals surface area contributed by atoms with E-state index in [1.54, 1.807) is 34.1 Å². The van der Waals surface area contributed by atoms with E-state index in [1.165, 1.54) is 0 Å². The van der Waals surface area contributed by atoms with Gasteiger partial charge in [0.05, 0.1) is 19.1 Å². The third-order valence-electron chi connectivity index (χ3n) is 4.92. The van der Waals surface area contributed by atoms with Crippen LogP contribution in [0.3, 0.4) is 0 Å². The topological polar surface area (TPSA) is 88.2 Å². The first-order chi connectivity index (χ1) is 13.6. The Labute approximate surface area is 164 Å². The second kappa shape index (κ2) is 9.54. The van der Waals surface area contributed by atoms with Crippen molar-refractivity contribution in [1.82, 2.24) is 10.2 Å². The fourth-order valence-corrected chi connectivity index (χ4v) is 3.30. The van der Waals surface area contributed by atoms with Crippen molar-refractivity contribution in [3.8, 4) is 5.75 Å². The van der Waals surface area contributed by atoms with Crippen LogP contribution in [0.25, 0.3) is 0 Å². The molecule has 1 aromatic rings. The second-order valence-electron chi connectivity index (χ2n) is 6.97. The summed E-state index contributed by atoms with van der Waals surface area (Å²) in [4.78, 5) is 39.9. The van der Waals surface area contributed by atoms with Gasteiger partial charge in [-0.2, -0.15) is 0 Å². The first-order valence-electron chi connectivity index (χ1n) is 9.75. The van der Waals surface area contributed by atoms with Gasteiger partial charge in [-0.1, -0.05) is 6.92 Å². The summed E-state index contributed by atoms with van der Waals surface area (Å²) in [5.74, 6) is 0.0467. The van der Waals surface area contributed by atoms with Crippen LogP contribution in [0.5, 0.6) is 5.75 Å². The van der Waals surface area contributed by atoms with E-state index in [4.69, 9.17) is 9.47 Å². The zero-order chi connectivity index (χ0) is 19.9. The fourth-order valence-electron chi connectivity index (χ4n) is 3.30. The molecular weight excluding hydrogens is 362 g/mol. The standard InChI is InChI=1S/C20H27N3O5/c1-2-7-21-20(26)15-12-18(24)23(13-15)16-3-5-17(6-4-16)28-14-19(25)22-8-10-27-11-9-22/h3-6,15H,2,7-14H2,1H3,(H,21,26)/t15-/m1/s1.